The van der Waals surface area contributed by atoms with E-state index in [1.807, 2.05) is 0 Å². The highest BCUT2D eigenvalue weighted by Gasteiger charge is 2.38. The van der Waals surface area contributed by atoms with E-state index in [4.69, 9.17) is 0 Å². The van der Waals surface area contributed by atoms with Crippen LogP contribution in [-0.4, -0.2) is 60.6 Å². The van der Waals surface area contributed by atoms with Crippen molar-refractivity contribution in [2.45, 2.75) is 69.6 Å². The van der Waals surface area contributed by atoms with Crippen molar-refractivity contribution in [2.24, 2.45) is 0 Å². The fraction of sp³-hybridized carbons (Fsp3) is 1.00. The largest absolute Gasteiger partial charge is 0.311 e. The van der Waals surface area contributed by atoms with Gasteiger partial charge in [0.25, 0.3) is 0 Å². The van der Waals surface area contributed by atoms with Crippen molar-refractivity contribution in [2.75, 3.05) is 26.7 Å². The van der Waals surface area contributed by atoms with Crippen LogP contribution in [0, 0.1) is 0 Å². The summed E-state index contributed by atoms with van der Waals surface area (Å²) in [6, 6.07) is 3.34. The van der Waals surface area contributed by atoms with Gasteiger partial charge in [-0.25, -0.2) is 0 Å². The number of hydrogen-bond acceptors (Lipinski definition) is 3. The second-order valence-corrected chi connectivity index (χ2v) is 6.59. The Morgan fingerprint density at radius 2 is 1.56 bits per heavy atom. The highest BCUT2D eigenvalue weighted by Crippen LogP contribution is 2.34. The SMILES string of the molecule is CCN1CCC(NC2CC3CCC(C2)N3C)CC1. The van der Waals surface area contributed by atoms with Gasteiger partial charge in [-0.1, -0.05) is 6.92 Å². The predicted molar refractivity (Wildman–Crippen MR) is 75.9 cm³/mol. The van der Waals surface area contributed by atoms with Gasteiger partial charge >= 0.3 is 0 Å². The topological polar surface area (TPSA) is 18.5 Å². The molecule has 3 rings (SSSR count). The number of fused-ring (bicyclic) bond motifs is 2. The molecule has 3 nitrogen and oxygen atoms in total. The van der Waals surface area contributed by atoms with Gasteiger partial charge in [-0.2, -0.15) is 0 Å². The van der Waals surface area contributed by atoms with Crippen molar-refractivity contribution in [3.8, 4) is 0 Å². The summed E-state index contributed by atoms with van der Waals surface area (Å²) in [7, 11) is 2.33. The third-order valence-corrected chi connectivity index (χ3v) is 5.60. The van der Waals surface area contributed by atoms with Gasteiger partial charge < -0.3 is 15.1 Å². The molecule has 2 atom stereocenters. The summed E-state index contributed by atoms with van der Waals surface area (Å²) < 4.78 is 0. The van der Waals surface area contributed by atoms with E-state index in [2.05, 4.69) is 29.1 Å². The Morgan fingerprint density at radius 1 is 0.944 bits per heavy atom. The van der Waals surface area contributed by atoms with Gasteiger partial charge in [0.1, 0.15) is 0 Å². The maximum atomic E-state index is 3.97. The minimum absolute atomic E-state index is 0.792. The Bertz CT molecular complexity index is 259. The van der Waals surface area contributed by atoms with Crippen molar-refractivity contribution >= 4 is 0 Å². The molecule has 0 aromatic rings. The lowest BCUT2D eigenvalue weighted by Crippen LogP contribution is -2.52. The van der Waals surface area contributed by atoms with Crippen molar-refractivity contribution < 1.29 is 0 Å². The van der Waals surface area contributed by atoms with E-state index in [-0.39, 0.29) is 0 Å². The third-order valence-electron chi connectivity index (χ3n) is 5.60. The van der Waals surface area contributed by atoms with Gasteiger partial charge in [0.2, 0.25) is 0 Å². The smallest absolute Gasteiger partial charge is 0.0111 e. The van der Waals surface area contributed by atoms with Crippen molar-refractivity contribution in [1.29, 1.82) is 0 Å². The van der Waals surface area contributed by atoms with Crippen LogP contribution in [0.4, 0.5) is 0 Å². The van der Waals surface area contributed by atoms with Crippen LogP contribution in [0.15, 0.2) is 0 Å². The summed E-state index contributed by atoms with van der Waals surface area (Å²) >= 11 is 0. The first-order valence-electron chi connectivity index (χ1n) is 7.96. The molecule has 0 spiro atoms. The molecule has 0 amide bonds. The average molecular weight is 251 g/mol. The van der Waals surface area contributed by atoms with Crippen LogP contribution in [0.1, 0.15) is 45.4 Å². The molecule has 18 heavy (non-hydrogen) atoms. The van der Waals surface area contributed by atoms with Gasteiger partial charge in [-0.3, -0.25) is 0 Å². The van der Waals surface area contributed by atoms with Crippen LogP contribution >= 0.6 is 0 Å². The Kier molecular flexibility index (Phi) is 3.92. The molecule has 0 saturated carbocycles. The van der Waals surface area contributed by atoms with E-state index in [9.17, 15) is 0 Å². The summed E-state index contributed by atoms with van der Waals surface area (Å²) in [4.78, 5) is 5.22. The van der Waals surface area contributed by atoms with Crippen LogP contribution in [0.25, 0.3) is 0 Å². The number of nitrogens with one attached hydrogen (secondary N) is 1. The summed E-state index contributed by atoms with van der Waals surface area (Å²) in [5.41, 5.74) is 0. The van der Waals surface area contributed by atoms with E-state index in [0.717, 1.165) is 24.2 Å². The van der Waals surface area contributed by atoms with Gasteiger partial charge in [0.15, 0.2) is 0 Å². The quantitative estimate of drug-likeness (QED) is 0.823. The first-order chi connectivity index (χ1) is 8.76. The van der Waals surface area contributed by atoms with E-state index < -0.39 is 0 Å². The van der Waals surface area contributed by atoms with E-state index >= 15 is 0 Å². The molecule has 3 aliphatic rings. The molecule has 0 aliphatic carbocycles. The van der Waals surface area contributed by atoms with Crippen LogP contribution in [0.3, 0.4) is 0 Å². The molecule has 2 unspecified atom stereocenters. The first-order valence-corrected chi connectivity index (χ1v) is 7.96. The number of rotatable bonds is 3. The van der Waals surface area contributed by atoms with Crippen LogP contribution in [0.5, 0.6) is 0 Å². The summed E-state index contributed by atoms with van der Waals surface area (Å²) in [6.45, 7) is 6.11. The first kappa shape index (κ1) is 12.9. The highest BCUT2D eigenvalue weighted by molar-refractivity contribution is 4.97. The standard InChI is InChI=1S/C15H29N3/c1-3-18-8-6-12(7-9-18)16-13-10-14-4-5-15(11-13)17(14)2/h12-16H,3-11H2,1-2H3. The highest BCUT2D eigenvalue weighted by atomic mass is 15.2. The molecule has 0 aromatic carbocycles. The molecule has 2 bridgehead atoms. The van der Waals surface area contributed by atoms with Crippen molar-refractivity contribution in [3.05, 3.63) is 0 Å². The monoisotopic (exact) mass is 251 g/mol. The maximum absolute atomic E-state index is 3.97. The zero-order valence-electron chi connectivity index (χ0n) is 12.1. The Morgan fingerprint density at radius 3 is 2.11 bits per heavy atom. The molecule has 3 aliphatic heterocycles. The van der Waals surface area contributed by atoms with Gasteiger partial charge in [-0.05, 0) is 65.2 Å². The molecule has 3 heteroatoms. The molecule has 104 valence electrons. The Labute approximate surface area is 112 Å². The van der Waals surface area contributed by atoms with E-state index in [0.29, 0.717) is 0 Å². The van der Waals surface area contributed by atoms with E-state index in [1.165, 1.54) is 58.2 Å². The molecule has 3 fully saturated rings. The Hall–Kier alpha value is -0.120. The number of piperidine rings is 2. The molecule has 0 aromatic heterocycles. The third kappa shape index (κ3) is 2.59. The van der Waals surface area contributed by atoms with Gasteiger partial charge in [-0.15, -0.1) is 0 Å². The second-order valence-electron chi connectivity index (χ2n) is 6.59. The lowest BCUT2D eigenvalue weighted by molar-refractivity contribution is 0.129. The molecule has 0 radical (unpaired) electrons. The fourth-order valence-corrected chi connectivity index (χ4v) is 4.30. The lowest BCUT2D eigenvalue weighted by Gasteiger charge is -2.40. The maximum Gasteiger partial charge on any atom is 0.0111 e. The summed E-state index contributed by atoms with van der Waals surface area (Å²) in [5, 5.41) is 3.97. The minimum atomic E-state index is 0.792. The van der Waals surface area contributed by atoms with Gasteiger partial charge in [0, 0.05) is 24.2 Å². The lowest BCUT2D eigenvalue weighted by atomic mass is 9.95. The molecular formula is C15H29N3. The van der Waals surface area contributed by atoms with Crippen LogP contribution < -0.4 is 5.32 Å². The van der Waals surface area contributed by atoms with Crippen molar-refractivity contribution in [3.63, 3.8) is 0 Å². The molecular weight excluding hydrogens is 222 g/mol. The zero-order chi connectivity index (χ0) is 12.5. The predicted octanol–water partition coefficient (Wildman–Crippen LogP) is 1.69. The second kappa shape index (κ2) is 5.48. The number of likely N-dealkylation sites (tertiary alicyclic amines) is 1. The summed E-state index contributed by atoms with van der Waals surface area (Å²) in [6.07, 6.45) is 8.37. The normalized spacial score (nSPS) is 39.3. The Balaban J connectivity index is 1.47. The summed E-state index contributed by atoms with van der Waals surface area (Å²) in [5.74, 6) is 0. The number of nitrogens with zero attached hydrogens (tertiary/aromatic N) is 2. The average Bonchev–Trinajstić information content (AvgIpc) is 2.63. The molecule has 1 N–H and O–H groups in total. The molecule has 3 saturated heterocycles. The number of hydrogen-bond donors (Lipinski definition) is 1. The fourth-order valence-electron chi connectivity index (χ4n) is 4.30. The van der Waals surface area contributed by atoms with E-state index in [1.54, 1.807) is 0 Å². The van der Waals surface area contributed by atoms with Crippen LogP contribution in [0.2, 0.25) is 0 Å². The molecule has 3 heterocycles. The minimum Gasteiger partial charge on any atom is -0.311 e. The van der Waals surface area contributed by atoms with Gasteiger partial charge in [0.05, 0.1) is 0 Å². The van der Waals surface area contributed by atoms with Crippen LogP contribution in [-0.2, 0) is 0 Å². The van der Waals surface area contributed by atoms with Crippen molar-refractivity contribution in [1.82, 2.24) is 15.1 Å². The zero-order valence-corrected chi connectivity index (χ0v) is 12.1.